The van der Waals surface area contributed by atoms with Crippen molar-refractivity contribution in [2.45, 2.75) is 39.4 Å². The molecule has 0 amide bonds. The lowest BCUT2D eigenvalue weighted by atomic mass is 9.96. The molecule has 1 aliphatic rings. The van der Waals surface area contributed by atoms with Gasteiger partial charge >= 0.3 is 0 Å². The van der Waals surface area contributed by atoms with Crippen molar-refractivity contribution in [3.05, 3.63) is 82.9 Å². The maximum atomic E-state index is 5.83. The van der Waals surface area contributed by atoms with Gasteiger partial charge in [0.15, 0.2) is 5.11 Å². The van der Waals surface area contributed by atoms with Crippen molar-refractivity contribution in [2.24, 2.45) is 0 Å². The van der Waals surface area contributed by atoms with E-state index in [1.54, 1.807) is 7.11 Å². The number of thiocarbonyl (C=S) groups is 1. The molecule has 5 nitrogen and oxygen atoms in total. The first-order valence-corrected chi connectivity index (χ1v) is 10.6. The van der Waals surface area contributed by atoms with E-state index in [-0.39, 0.29) is 12.1 Å². The van der Waals surface area contributed by atoms with E-state index in [0.29, 0.717) is 6.61 Å². The van der Waals surface area contributed by atoms with Gasteiger partial charge in [-0.05, 0) is 74.4 Å². The van der Waals surface area contributed by atoms with Crippen LogP contribution in [0.2, 0.25) is 0 Å². The van der Waals surface area contributed by atoms with E-state index >= 15 is 0 Å². The number of nitrogens with one attached hydrogen (secondary N) is 1. The van der Waals surface area contributed by atoms with Crippen molar-refractivity contribution in [1.29, 1.82) is 0 Å². The van der Waals surface area contributed by atoms with Crippen molar-refractivity contribution in [3.8, 4) is 0 Å². The zero-order chi connectivity index (χ0) is 21.3. The lowest BCUT2D eigenvalue weighted by Crippen LogP contribution is -2.29. The van der Waals surface area contributed by atoms with Crippen molar-refractivity contribution in [3.63, 3.8) is 0 Å². The Hall–Kier alpha value is -2.70. The number of hydrogen-bond acceptors (Lipinski definition) is 3. The minimum absolute atomic E-state index is 0.0108. The van der Waals surface area contributed by atoms with Crippen molar-refractivity contribution in [1.82, 2.24) is 14.9 Å². The molecule has 1 saturated heterocycles. The van der Waals surface area contributed by atoms with Crippen molar-refractivity contribution in [2.75, 3.05) is 18.6 Å². The van der Waals surface area contributed by atoms with E-state index in [0.717, 1.165) is 23.0 Å². The van der Waals surface area contributed by atoms with Gasteiger partial charge in [-0.15, -0.1) is 0 Å². The molecule has 0 aliphatic carbocycles. The number of rotatable bonds is 6. The fourth-order valence-electron chi connectivity index (χ4n) is 4.38. The molecular formula is C24H28N4OS. The molecule has 156 valence electrons. The van der Waals surface area contributed by atoms with Crippen LogP contribution in [-0.4, -0.2) is 28.4 Å². The third kappa shape index (κ3) is 3.73. The van der Waals surface area contributed by atoms with Crippen molar-refractivity contribution < 1.29 is 4.74 Å². The second kappa shape index (κ2) is 8.58. The first-order valence-electron chi connectivity index (χ1n) is 10.2. The summed E-state index contributed by atoms with van der Waals surface area (Å²) in [5, 5.41) is 4.27. The molecular weight excluding hydrogens is 392 g/mol. The smallest absolute Gasteiger partial charge is 0.174 e. The van der Waals surface area contributed by atoms with Gasteiger partial charge in [-0.3, -0.25) is 4.98 Å². The highest BCUT2D eigenvalue weighted by molar-refractivity contribution is 7.80. The number of aromatic nitrogens is 2. The number of hydrogen-bond donors (Lipinski definition) is 1. The topological polar surface area (TPSA) is 42.3 Å². The molecule has 2 atom stereocenters. The van der Waals surface area contributed by atoms with Gasteiger partial charge in [0.05, 0.1) is 24.4 Å². The SMILES string of the molecule is COCCn1c(C)cc([C@H]2[C@@H](c3ccccn3)NC(=S)N2c2cccc(C)c2)c1C. The van der Waals surface area contributed by atoms with E-state index in [2.05, 4.69) is 76.9 Å². The summed E-state index contributed by atoms with van der Waals surface area (Å²) in [6.07, 6.45) is 1.84. The minimum Gasteiger partial charge on any atom is -0.383 e. The van der Waals surface area contributed by atoms with Crippen LogP contribution in [0, 0.1) is 20.8 Å². The van der Waals surface area contributed by atoms with Crippen LogP contribution in [0.1, 0.15) is 40.3 Å². The van der Waals surface area contributed by atoms with E-state index in [9.17, 15) is 0 Å². The number of ether oxygens (including phenoxy) is 1. The maximum Gasteiger partial charge on any atom is 0.174 e. The van der Waals surface area contributed by atoms with Gasteiger partial charge in [0.25, 0.3) is 0 Å². The Morgan fingerprint density at radius 3 is 2.63 bits per heavy atom. The van der Waals surface area contributed by atoms with Crippen LogP contribution < -0.4 is 10.2 Å². The Morgan fingerprint density at radius 2 is 1.93 bits per heavy atom. The normalized spacial score (nSPS) is 18.7. The van der Waals surface area contributed by atoms with Crippen LogP contribution >= 0.6 is 12.2 Å². The van der Waals surface area contributed by atoms with Gasteiger partial charge in [0, 0.05) is 36.9 Å². The van der Waals surface area contributed by atoms with Gasteiger partial charge in [-0.25, -0.2) is 0 Å². The van der Waals surface area contributed by atoms with E-state index in [4.69, 9.17) is 17.0 Å². The number of nitrogens with zero attached hydrogens (tertiary/aromatic N) is 3. The molecule has 0 saturated carbocycles. The fraction of sp³-hybridized carbons (Fsp3) is 0.333. The van der Waals surface area contributed by atoms with Crippen LogP contribution in [0.25, 0.3) is 0 Å². The van der Waals surface area contributed by atoms with Gasteiger partial charge in [0.1, 0.15) is 0 Å². The molecule has 1 aliphatic heterocycles. The molecule has 0 unspecified atom stereocenters. The number of methoxy groups -OCH3 is 1. The number of aryl methyl sites for hydroxylation is 2. The summed E-state index contributed by atoms with van der Waals surface area (Å²) >= 11 is 5.83. The van der Waals surface area contributed by atoms with Crippen molar-refractivity contribution >= 4 is 23.0 Å². The zero-order valence-electron chi connectivity index (χ0n) is 17.9. The third-order valence-corrected chi connectivity index (χ3v) is 6.14. The molecule has 6 heteroatoms. The second-order valence-electron chi connectivity index (χ2n) is 7.81. The molecule has 3 aromatic rings. The molecule has 1 N–H and O–H groups in total. The second-order valence-corrected chi connectivity index (χ2v) is 8.19. The largest absolute Gasteiger partial charge is 0.383 e. The van der Waals surface area contributed by atoms with E-state index in [1.807, 2.05) is 18.3 Å². The summed E-state index contributed by atoms with van der Waals surface area (Å²) in [7, 11) is 1.74. The summed E-state index contributed by atoms with van der Waals surface area (Å²) in [6.45, 7) is 7.96. The molecule has 30 heavy (non-hydrogen) atoms. The Balaban J connectivity index is 1.85. The van der Waals surface area contributed by atoms with Gasteiger partial charge in [-0.2, -0.15) is 0 Å². The van der Waals surface area contributed by atoms with Crippen LogP contribution in [0.3, 0.4) is 0 Å². The van der Waals surface area contributed by atoms with Gasteiger partial charge in [0.2, 0.25) is 0 Å². The molecule has 4 rings (SSSR count). The lowest BCUT2D eigenvalue weighted by Gasteiger charge is -2.28. The van der Waals surface area contributed by atoms with Crippen LogP contribution in [0.4, 0.5) is 5.69 Å². The molecule has 2 aromatic heterocycles. The first-order chi connectivity index (χ1) is 14.5. The summed E-state index contributed by atoms with van der Waals surface area (Å²) in [5.41, 5.74) is 7.01. The predicted octanol–water partition coefficient (Wildman–Crippen LogP) is 4.63. The Bertz CT molecular complexity index is 1050. The first kappa shape index (κ1) is 20.6. The van der Waals surface area contributed by atoms with Crippen LogP contribution in [0.15, 0.2) is 54.7 Å². The van der Waals surface area contributed by atoms with Crippen LogP contribution in [-0.2, 0) is 11.3 Å². The summed E-state index contributed by atoms with van der Waals surface area (Å²) < 4.78 is 7.65. The Labute approximate surface area is 183 Å². The third-order valence-electron chi connectivity index (χ3n) is 5.83. The summed E-state index contributed by atoms with van der Waals surface area (Å²) in [4.78, 5) is 6.89. The number of pyridine rings is 1. The van der Waals surface area contributed by atoms with E-state index < -0.39 is 0 Å². The number of benzene rings is 1. The monoisotopic (exact) mass is 420 g/mol. The Morgan fingerprint density at radius 1 is 1.10 bits per heavy atom. The highest BCUT2D eigenvalue weighted by Crippen LogP contribution is 2.43. The lowest BCUT2D eigenvalue weighted by molar-refractivity contribution is 0.186. The fourth-order valence-corrected chi connectivity index (χ4v) is 4.73. The average Bonchev–Trinajstić information content (AvgIpc) is 3.23. The predicted molar refractivity (Wildman–Crippen MR) is 125 cm³/mol. The average molecular weight is 421 g/mol. The molecule has 0 spiro atoms. The van der Waals surface area contributed by atoms with Gasteiger partial charge in [-0.1, -0.05) is 18.2 Å². The molecule has 1 fully saturated rings. The molecule has 0 bridgehead atoms. The van der Waals surface area contributed by atoms with E-state index in [1.165, 1.54) is 22.5 Å². The summed E-state index contributed by atoms with van der Waals surface area (Å²) in [6, 6.07) is 16.8. The quantitative estimate of drug-likeness (QED) is 0.589. The maximum absolute atomic E-state index is 5.83. The number of anilines is 1. The molecule has 1 aromatic carbocycles. The standard InChI is InChI=1S/C24H28N4OS/c1-16-8-7-9-19(14-16)28-23(20-15-17(2)27(18(20)3)12-13-29-4)22(26-24(28)30)21-10-5-6-11-25-21/h5-11,14-15,22-23H,12-13H2,1-4H3,(H,26,30)/t22-,23+/m1/s1. The highest BCUT2D eigenvalue weighted by atomic mass is 32.1. The molecule has 3 heterocycles. The summed E-state index contributed by atoms with van der Waals surface area (Å²) in [5.74, 6) is 0. The van der Waals surface area contributed by atoms with Gasteiger partial charge < -0.3 is 19.5 Å². The highest BCUT2D eigenvalue weighted by Gasteiger charge is 2.42. The van der Waals surface area contributed by atoms with Crippen LogP contribution in [0.5, 0.6) is 0 Å². The Kier molecular flexibility index (Phi) is 5.88. The molecule has 0 radical (unpaired) electrons. The zero-order valence-corrected chi connectivity index (χ0v) is 18.7. The minimum atomic E-state index is -0.0319.